The van der Waals surface area contributed by atoms with Gasteiger partial charge in [0.05, 0.1) is 19.3 Å². The van der Waals surface area contributed by atoms with Crippen molar-refractivity contribution in [3.05, 3.63) is 36.0 Å². The molecule has 0 radical (unpaired) electrons. The number of epoxide rings is 1. The minimum Gasteiger partial charge on any atom is -0.389 e. The van der Waals surface area contributed by atoms with Crippen LogP contribution in [0.5, 0.6) is 0 Å². The average Bonchev–Trinajstić information content (AvgIpc) is 3.47. The minimum absolute atomic E-state index is 0.124. The zero-order valence-electron chi connectivity index (χ0n) is 17.5. The summed E-state index contributed by atoms with van der Waals surface area (Å²) in [6.07, 6.45) is 13.7. The van der Waals surface area contributed by atoms with E-state index in [1.165, 1.54) is 17.7 Å². The minimum atomic E-state index is -0.600. The van der Waals surface area contributed by atoms with Crippen LogP contribution >= 0.6 is 0 Å². The first-order valence-corrected chi connectivity index (χ1v) is 10.8. The van der Waals surface area contributed by atoms with Crippen LogP contribution in [0.4, 0.5) is 0 Å². The summed E-state index contributed by atoms with van der Waals surface area (Å²) in [5.41, 5.74) is 0.821. The van der Waals surface area contributed by atoms with Gasteiger partial charge in [0, 0.05) is 18.5 Å². The molecule has 1 unspecified atom stereocenters. The summed E-state index contributed by atoms with van der Waals surface area (Å²) in [6, 6.07) is 0.226. The zero-order chi connectivity index (χ0) is 20.9. The first-order chi connectivity index (χ1) is 13.9. The molecule has 0 aromatic carbocycles. The van der Waals surface area contributed by atoms with Crippen molar-refractivity contribution in [2.75, 3.05) is 13.2 Å². The molecule has 0 aromatic rings. The van der Waals surface area contributed by atoms with Gasteiger partial charge in [0.2, 0.25) is 5.91 Å². The first-order valence-electron chi connectivity index (χ1n) is 10.8. The monoisotopic (exact) mass is 405 g/mol. The largest absolute Gasteiger partial charge is 0.389 e. The Morgan fingerprint density at radius 3 is 2.66 bits per heavy atom. The lowest BCUT2D eigenvalue weighted by molar-refractivity contribution is -0.117. The molecule has 3 N–H and O–H groups in total. The van der Waals surface area contributed by atoms with Crippen LogP contribution in [-0.4, -0.2) is 59.3 Å². The van der Waals surface area contributed by atoms with Gasteiger partial charge in [0.15, 0.2) is 0 Å². The fourth-order valence-electron chi connectivity index (χ4n) is 4.16. The number of carbonyl (C=O) groups is 1. The molecule has 2 saturated heterocycles. The fraction of sp³-hybridized carbons (Fsp3) is 0.696. The Kier molecular flexibility index (Phi) is 7.68. The van der Waals surface area contributed by atoms with Crippen molar-refractivity contribution in [3.63, 3.8) is 0 Å². The quantitative estimate of drug-likeness (QED) is 0.344. The fourth-order valence-corrected chi connectivity index (χ4v) is 4.16. The maximum absolute atomic E-state index is 11.8. The molecular weight excluding hydrogens is 370 g/mol. The van der Waals surface area contributed by atoms with Crippen molar-refractivity contribution in [3.8, 4) is 0 Å². The van der Waals surface area contributed by atoms with Crippen molar-refractivity contribution in [1.29, 1.82) is 0 Å². The van der Waals surface area contributed by atoms with Crippen LogP contribution in [0.15, 0.2) is 36.0 Å². The van der Waals surface area contributed by atoms with Gasteiger partial charge < -0.3 is 25.0 Å². The number of hydrogen-bond donors (Lipinski definition) is 3. The summed E-state index contributed by atoms with van der Waals surface area (Å²) in [4.78, 5) is 11.8. The summed E-state index contributed by atoms with van der Waals surface area (Å²) >= 11 is 0. The van der Waals surface area contributed by atoms with Gasteiger partial charge >= 0.3 is 0 Å². The zero-order valence-corrected chi connectivity index (χ0v) is 17.5. The van der Waals surface area contributed by atoms with E-state index in [2.05, 4.69) is 18.3 Å². The van der Waals surface area contributed by atoms with Crippen LogP contribution < -0.4 is 5.32 Å². The van der Waals surface area contributed by atoms with Gasteiger partial charge in [-0.1, -0.05) is 29.9 Å². The van der Waals surface area contributed by atoms with Crippen molar-refractivity contribution in [1.82, 2.24) is 5.32 Å². The van der Waals surface area contributed by atoms with Gasteiger partial charge in [-0.3, -0.25) is 4.79 Å². The highest BCUT2D eigenvalue weighted by Crippen LogP contribution is 2.40. The van der Waals surface area contributed by atoms with E-state index in [1.54, 1.807) is 6.92 Å². The highest BCUT2D eigenvalue weighted by Gasteiger charge is 2.55. The van der Waals surface area contributed by atoms with E-state index in [9.17, 15) is 15.0 Å². The van der Waals surface area contributed by atoms with Gasteiger partial charge in [-0.05, 0) is 51.9 Å². The molecule has 29 heavy (non-hydrogen) atoms. The molecular formula is C23H35NO5. The number of amides is 1. The summed E-state index contributed by atoms with van der Waals surface area (Å²) in [5.74, 6) is 0.514. The van der Waals surface area contributed by atoms with Crippen LogP contribution in [0.3, 0.4) is 0 Å². The van der Waals surface area contributed by atoms with E-state index in [0.717, 1.165) is 38.5 Å². The molecule has 3 fully saturated rings. The molecule has 0 aromatic heterocycles. The third-order valence-electron chi connectivity index (χ3n) is 6.24. The van der Waals surface area contributed by atoms with E-state index < -0.39 is 12.2 Å². The number of rotatable bonds is 7. The predicted octanol–water partition coefficient (Wildman–Crippen LogP) is 2.41. The lowest BCUT2D eigenvalue weighted by Gasteiger charge is -2.31. The van der Waals surface area contributed by atoms with Crippen molar-refractivity contribution >= 4 is 5.91 Å². The molecule has 2 heterocycles. The maximum Gasteiger partial charge on any atom is 0.243 e. The highest BCUT2D eigenvalue weighted by molar-refractivity contribution is 5.87. The Hall–Kier alpha value is -1.47. The molecule has 1 spiro atoms. The summed E-state index contributed by atoms with van der Waals surface area (Å²) < 4.78 is 11.1. The normalized spacial score (nSPS) is 36.6. The molecule has 1 saturated carbocycles. The Bertz CT molecular complexity index is 642. The summed E-state index contributed by atoms with van der Waals surface area (Å²) in [5, 5.41) is 22.6. The van der Waals surface area contributed by atoms with E-state index >= 15 is 0 Å². The third-order valence-corrected chi connectivity index (χ3v) is 6.24. The Labute approximate surface area is 173 Å². The molecule has 162 valence electrons. The van der Waals surface area contributed by atoms with E-state index in [1.807, 2.05) is 12.2 Å². The van der Waals surface area contributed by atoms with E-state index in [4.69, 9.17) is 9.47 Å². The van der Waals surface area contributed by atoms with Gasteiger partial charge in [-0.25, -0.2) is 0 Å². The SMILES string of the molecule is CC(C=C[C@H]1OCC[C@@]2(CO2)[C@@H]1O)=CCC1CCC(NC(=O)C=CC(C)O)CC1. The molecule has 0 bridgehead atoms. The smallest absolute Gasteiger partial charge is 0.243 e. The van der Waals surface area contributed by atoms with E-state index in [-0.39, 0.29) is 23.7 Å². The number of carbonyl (C=O) groups excluding carboxylic acids is 1. The highest BCUT2D eigenvalue weighted by atomic mass is 16.6. The van der Waals surface area contributed by atoms with Gasteiger partial charge in [-0.15, -0.1) is 0 Å². The van der Waals surface area contributed by atoms with E-state index in [0.29, 0.717) is 19.1 Å². The molecule has 3 rings (SSSR count). The number of nitrogens with one attached hydrogen (secondary N) is 1. The molecule has 1 aliphatic carbocycles. The van der Waals surface area contributed by atoms with Gasteiger partial charge in [-0.2, -0.15) is 0 Å². The van der Waals surface area contributed by atoms with Crippen LogP contribution in [0.1, 0.15) is 52.4 Å². The summed E-state index contributed by atoms with van der Waals surface area (Å²) in [7, 11) is 0. The maximum atomic E-state index is 11.8. The predicted molar refractivity (Wildman–Crippen MR) is 111 cm³/mol. The number of aliphatic hydroxyl groups is 2. The number of aliphatic hydroxyl groups excluding tert-OH is 2. The molecule has 4 atom stereocenters. The summed E-state index contributed by atoms with van der Waals surface area (Å²) in [6.45, 7) is 4.97. The average molecular weight is 406 g/mol. The van der Waals surface area contributed by atoms with Gasteiger partial charge in [0.25, 0.3) is 0 Å². The molecule has 6 nitrogen and oxygen atoms in total. The second kappa shape index (κ2) is 10.0. The molecule has 3 aliphatic rings. The standard InChI is InChI=1S/C23H35NO5/c1-16(4-11-20-22(27)23(15-29-23)13-14-28-20)3-6-18-7-9-19(10-8-18)24-21(26)12-5-17(2)25/h3-5,11-12,17-20,22,25,27H,6-10,13-15H2,1-2H3,(H,24,26)/t17?,18?,19?,20-,22-,23-/m1/s1. The molecule has 6 heteroatoms. The number of hydrogen-bond acceptors (Lipinski definition) is 5. The Morgan fingerprint density at radius 2 is 2.00 bits per heavy atom. The first kappa shape index (κ1) is 22.2. The Morgan fingerprint density at radius 1 is 1.28 bits per heavy atom. The Balaban J connectivity index is 1.38. The molecule has 2 aliphatic heterocycles. The lowest BCUT2D eigenvalue weighted by atomic mass is 9.83. The van der Waals surface area contributed by atoms with Gasteiger partial charge in [0.1, 0.15) is 17.8 Å². The van der Waals surface area contributed by atoms with Crippen LogP contribution in [0.2, 0.25) is 0 Å². The number of allylic oxidation sites excluding steroid dienone is 3. The number of ether oxygens (including phenoxy) is 2. The van der Waals surface area contributed by atoms with Crippen LogP contribution in [0, 0.1) is 5.92 Å². The second-order valence-corrected chi connectivity index (χ2v) is 8.75. The van der Waals surface area contributed by atoms with Crippen LogP contribution in [0.25, 0.3) is 0 Å². The molecule has 1 amide bonds. The van der Waals surface area contributed by atoms with Crippen molar-refractivity contribution < 1.29 is 24.5 Å². The topological polar surface area (TPSA) is 91.3 Å². The third kappa shape index (κ3) is 6.51. The van der Waals surface area contributed by atoms with Crippen molar-refractivity contribution in [2.45, 2.75) is 82.3 Å². The van der Waals surface area contributed by atoms with Crippen molar-refractivity contribution in [2.24, 2.45) is 5.92 Å². The lowest BCUT2D eigenvalue weighted by Crippen LogP contribution is -2.46. The van der Waals surface area contributed by atoms with Crippen LogP contribution in [-0.2, 0) is 14.3 Å². The second-order valence-electron chi connectivity index (χ2n) is 8.75.